The Labute approximate surface area is 108 Å². The fourth-order valence-electron chi connectivity index (χ4n) is 1.48. The van der Waals surface area contributed by atoms with Crippen molar-refractivity contribution < 1.29 is 9.90 Å². The second-order valence-corrected chi connectivity index (χ2v) is 5.73. The molecule has 7 heteroatoms. The number of hydrogen-bond donors (Lipinski definition) is 1. The van der Waals surface area contributed by atoms with Gasteiger partial charge in [0.05, 0.1) is 12.0 Å². The Morgan fingerprint density at radius 1 is 1.56 bits per heavy atom. The van der Waals surface area contributed by atoms with Crippen molar-refractivity contribution in [3.8, 4) is 0 Å². The smallest absolute Gasteiger partial charge is 0.310 e. The molecule has 0 unspecified atom stereocenters. The molecule has 96 valence electrons. The summed E-state index contributed by atoms with van der Waals surface area (Å²) in [5.41, 5.74) is -0.889. The lowest BCUT2D eigenvalue weighted by molar-refractivity contribution is -0.147. The number of carboxylic acid groups (broad SMARTS) is 1. The Bertz CT molecular complexity index is 533. The molecule has 0 radical (unpaired) electrons. The first-order chi connectivity index (χ1) is 8.49. The fourth-order valence-corrected chi connectivity index (χ4v) is 2.19. The summed E-state index contributed by atoms with van der Waals surface area (Å²) in [7, 11) is 0. The molecule has 0 aromatic carbocycles. The predicted molar refractivity (Wildman–Crippen MR) is 66.4 cm³/mol. The zero-order chi connectivity index (χ0) is 13.2. The number of rotatable bonds is 5. The van der Waals surface area contributed by atoms with Gasteiger partial charge in [-0.2, -0.15) is 0 Å². The Kier molecular flexibility index (Phi) is 3.42. The number of aliphatic carboxylic acids is 1. The van der Waals surface area contributed by atoms with Gasteiger partial charge in [0.2, 0.25) is 0 Å². The molecular weight excluding hydrogens is 252 g/mol. The van der Waals surface area contributed by atoms with Crippen LogP contribution in [0.4, 0.5) is 0 Å². The molecule has 0 bridgehead atoms. The normalized spacial score (nSPS) is 11.7. The van der Waals surface area contributed by atoms with Gasteiger partial charge >= 0.3 is 5.97 Å². The van der Waals surface area contributed by atoms with Crippen LogP contribution in [-0.4, -0.2) is 31.3 Å². The van der Waals surface area contributed by atoms with E-state index >= 15 is 0 Å². The van der Waals surface area contributed by atoms with Crippen LogP contribution >= 0.6 is 11.3 Å². The van der Waals surface area contributed by atoms with Crippen LogP contribution in [0.3, 0.4) is 0 Å². The molecule has 0 amide bonds. The molecule has 1 N–H and O–H groups in total. The molecule has 0 aliphatic rings. The second kappa shape index (κ2) is 4.85. The summed E-state index contributed by atoms with van der Waals surface area (Å²) in [5, 5.41) is 22.5. The number of thiophene rings is 1. The second-order valence-electron chi connectivity index (χ2n) is 4.70. The van der Waals surface area contributed by atoms with Crippen molar-refractivity contribution in [2.75, 3.05) is 0 Å². The van der Waals surface area contributed by atoms with Gasteiger partial charge in [0, 0.05) is 11.3 Å². The molecule has 0 atom stereocenters. The lowest BCUT2D eigenvalue weighted by Gasteiger charge is -2.18. The van der Waals surface area contributed by atoms with Crippen LogP contribution in [0.15, 0.2) is 17.5 Å². The molecular formula is C11H14N4O2S. The van der Waals surface area contributed by atoms with E-state index in [0.29, 0.717) is 12.2 Å². The Balaban J connectivity index is 2.15. The van der Waals surface area contributed by atoms with E-state index in [4.69, 9.17) is 5.11 Å². The lowest BCUT2D eigenvalue weighted by atomic mass is 9.94. The minimum absolute atomic E-state index is 0.260. The summed E-state index contributed by atoms with van der Waals surface area (Å²) >= 11 is 1.63. The van der Waals surface area contributed by atoms with Crippen LogP contribution in [0.5, 0.6) is 0 Å². The van der Waals surface area contributed by atoms with E-state index in [1.165, 1.54) is 0 Å². The molecule has 2 aromatic heterocycles. The van der Waals surface area contributed by atoms with E-state index in [0.717, 1.165) is 4.88 Å². The van der Waals surface area contributed by atoms with Crippen LogP contribution < -0.4 is 0 Å². The minimum atomic E-state index is -0.889. The number of nitrogens with zero attached hydrogens (tertiary/aromatic N) is 4. The van der Waals surface area contributed by atoms with Gasteiger partial charge in [0.1, 0.15) is 0 Å². The SMILES string of the molecule is CC(C)(Cn1nnnc1Cc1cccs1)C(=O)O. The molecule has 0 aliphatic heterocycles. The van der Waals surface area contributed by atoms with Crippen LogP contribution in [-0.2, 0) is 17.8 Å². The first kappa shape index (κ1) is 12.7. The molecule has 2 heterocycles. The first-order valence-electron chi connectivity index (χ1n) is 5.50. The van der Waals surface area contributed by atoms with E-state index in [1.807, 2.05) is 17.5 Å². The average molecular weight is 266 g/mol. The minimum Gasteiger partial charge on any atom is -0.481 e. The maximum atomic E-state index is 11.1. The van der Waals surface area contributed by atoms with Gasteiger partial charge in [-0.05, 0) is 35.7 Å². The molecule has 0 aliphatic carbocycles. The molecule has 0 saturated heterocycles. The predicted octanol–water partition coefficient (Wildman–Crippen LogP) is 1.44. The standard InChI is InChI=1S/C11H14N4O2S/c1-11(2,10(16)17)7-15-9(12-13-14-15)6-8-4-3-5-18-8/h3-5H,6-7H2,1-2H3,(H,16,17). The van der Waals surface area contributed by atoms with Crippen molar-refractivity contribution in [2.45, 2.75) is 26.8 Å². The van der Waals surface area contributed by atoms with Gasteiger partial charge in [-0.15, -0.1) is 16.4 Å². The van der Waals surface area contributed by atoms with Gasteiger partial charge in [-0.25, -0.2) is 4.68 Å². The van der Waals surface area contributed by atoms with Gasteiger partial charge in [-0.1, -0.05) is 6.07 Å². The molecule has 0 fully saturated rings. The number of hydrogen-bond acceptors (Lipinski definition) is 5. The highest BCUT2D eigenvalue weighted by molar-refractivity contribution is 7.09. The highest BCUT2D eigenvalue weighted by atomic mass is 32.1. The molecule has 6 nitrogen and oxygen atoms in total. The quantitative estimate of drug-likeness (QED) is 0.885. The van der Waals surface area contributed by atoms with Gasteiger partial charge in [-0.3, -0.25) is 4.79 Å². The summed E-state index contributed by atoms with van der Waals surface area (Å²) in [6.45, 7) is 3.58. The Morgan fingerprint density at radius 2 is 2.33 bits per heavy atom. The Hall–Kier alpha value is -1.76. The lowest BCUT2D eigenvalue weighted by Crippen LogP contribution is -2.30. The summed E-state index contributed by atoms with van der Waals surface area (Å²) in [6.07, 6.45) is 0.625. The van der Waals surface area contributed by atoms with E-state index < -0.39 is 11.4 Å². The summed E-state index contributed by atoms with van der Waals surface area (Å²) in [4.78, 5) is 12.2. The number of tetrazole rings is 1. The van der Waals surface area contributed by atoms with Crippen molar-refractivity contribution in [3.63, 3.8) is 0 Å². The maximum absolute atomic E-state index is 11.1. The van der Waals surface area contributed by atoms with Crippen LogP contribution in [0.25, 0.3) is 0 Å². The zero-order valence-corrected chi connectivity index (χ0v) is 11.0. The first-order valence-corrected chi connectivity index (χ1v) is 6.38. The highest BCUT2D eigenvalue weighted by Gasteiger charge is 2.29. The van der Waals surface area contributed by atoms with Crippen molar-refractivity contribution in [3.05, 3.63) is 28.2 Å². The summed E-state index contributed by atoms with van der Waals surface area (Å²) in [5.74, 6) is -0.174. The number of aromatic nitrogens is 4. The number of carboxylic acids is 1. The third-order valence-electron chi connectivity index (χ3n) is 2.64. The molecule has 2 rings (SSSR count). The topological polar surface area (TPSA) is 80.9 Å². The van der Waals surface area contributed by atoms with E-state index in [9.17, 15) is 4.79 Å². The van der Waals surface area contributed by atoms with Gasteiger partial charge in [0.15, 0.2) is 5.82 Å². The third kappa shape index (κ3) is 2.73. The molecule has 0 saturated carbocycles. The van der Waals surface area contributed by atoms with Crippen LogP contribution in [0.1, 0.15) is 24.5 Å². The van der Waals surface area contributed by atoms with Crippen molar-refractivity contribution >= 4 is 17.3 Å². The van der Waals surface area contributed by atoms with Crippen LogP contribution in [0.2, 0.25) is 0 Å². The molecule has 2 aromatic rings. The molecule has 0 spiro atoms. The van der Waals surface area contributed by atoms with E-state index in [-0.39, 0.29) is 6.54 Å². The van der Waals surface area contributed by atoms with Crippen molar-refractivity contribution in [1.82, 2.24) is 20.2 Å². The fraction of sp³-hybridized carbons (Fsp3) is 0.455. The van der Waals surface area contributed by atoms with Crippen LogP contribution in [0, 0.1) is 5.41 Å². The third-order valence-corrected chi connectivity index (χ3v) is 3.52. The summed E-state index contributed by atoms with van der Waals surface area (Å²) < 4.78 is 1.56. The maximum Gasteiger partial charge on any atom is 0.310 e. The van der Waals surface area contributed by atoms with E-state index in [1.54, 1.807) is 29.9 Å². The average Bonchev–Trinajstić information content (AvgIpc) is 2.91. The van der Waals surface area contributed by atoms with Crippen molar-refractivity contribution in [2.24, 2.45) is 5.41 Å². The zero-order valence-electron chi connectivity index (χ0n) is 10.2. The van der Waals surface area contributed by atoms with E-state index in [2.05, 4.69) is 15.5 Å². The molecule has 18 heavy (non-hydrogen) atoms. The van der Waals surface area contributed by atoms with Gasteiger partial charge < -0.3 is 5.11 Å². The van der Waals surface area contributed by atoms with Crippen molar-refractivity contribution in [1.29, 1.82) is 0 Å². The monoisotopic (exact) mass is 266 g/mol. The summed E-state index contributed by atoms with van der Waals surface area (Å²) in [6, 6.07) is 3.97. The van der Waals surface area contributed by atoms with Gasteiger partial charge in [0.25, 0.3) is 0 Å². The largest absolute Gasteiger partial charge is 0.481 e. The Morgan fingerprint density at radius 3 is 2.94 bits per heavy atom. The highest BCUT2D eigenvalue weighted by Crippen LogP contribution is 2.19. The number of carbonyl (C=O) groups is 1.